The average molecular weight is 326 g/mol. The molecule has 0 aliphatic carbocycles. The minimum Gasteiger partial charge on any atom is -0.434 e. The van der Waals surface area contributed by atoms with E-state index in [0.29, 0.717) is 12.1 Å². The molecule has 1 fully saturated rings. The van der Waals surface area contributed by atoms with Crippen molar-refractivity contribution in [2.24, 2.45) is 0 Å². The lowest BCUT2D eigenvalue weighted by atomic mass is 10.2. The first-order chi connectivity index (χ1) is 11.1. The summed E-state index contributed by atoms with van der Waals surface area (Å²) in [6, 6.07) is 6.32. The number of rotatable bonds is 7. The summed E-state index contributed by atoms with van der Waals surface area (Å²) in [4.78, 5) is 14.0. The minimum absolute atomic E-state index is 0.0415. The molecule has 7 heteroatoms. The maximum atomic E-state index is 12.3. The van der Waals surface area contributed by atoms with E-state index in [2.05, 4.69) is 15.0 Å². The number of alkyl halides is 2. The Labute approximate surface area is 133 Å². The number of hydrogen-bond acceptors (Lipinski definition) is 4. The number of amides is 1. The summed E-state index contributed by atoms with van der Waals surface area (Å²) in [5.41, 5.74) is 0.427. The van der Waals surface area contributed by atoms with Crippen LogP contribution < -0.4 is 10.1 Å². The first kappa shape index (κ1) is 17.4. The molecular formula is C16H20F2N2O3. The van der Waals surface area contributed by atoms with E-state index < -0.39 is 6.61 Å². The third-order valence-corrected chi connectivity index (χ3v) is 3.38. The summed E-state index contributed by atoms with van der Waals surface area (Å²) in [7, 11) is 0. The van der Waals surface area contributed by atoms with E-state index in [1.807, 2.05) is 0 Å². The van der Waals surface area contributed by atoms with E-state index >= 15 is 0 Å². The Bertz CT molecular complexity index is 532. The number of para-hydroxylation sites is 1. The van der Waals surface area contributed by atoms with Crippen molar-refractivity contribution in [3.8, 4) is 5.75 Å². The normalized spacial score (nSPS) is 16.0. The molecule has 0 bridgehead atoms. The topological polar surface area (TPSA) is 50.8 Å². The SMILES string of the molecule is O=C(C=Cc1ccccc1OC(F)F)NCCN1CCOCC1. The molecular weight excluding hydrogens is 306 g/mol. The molecule has 5 nitrogen and oxygen atoms in total. The lowest BCUT2D eigenvalue weighted by Crippen LogP contribution is -2.41. The summed E-state index contributed by atoms with van der Waals surface area (Å²) in [5.74, 6) is -0.232. The zero-order valence-electron chi connectivity index (χ0n) is 12.7. The number of ether oxygens (including phenoxy) is 2. The monoisotopic (exact) mass is 326 g/mol. The van der Waals surface area contributed by atoms with Crippen LogP contribution in [0, 0.1) is 0 Å². The Morgan fingerprint density at radius 2 is 2.09 bits per heavy atom. The van der Waals surface area contributed by atoms with Crippen LogP contribution in [0.15, 0.2) is 30.3 Å². The second kappa shape index (κ2) is 9.22. The smallest absolute Gasteiger partial charge is 0.387 e. The molecule has 1 saturated heterocycles. The number of benzene rings is 1. The fourth-order valence-corrected chi connectivity index (χ4v) is 2.21. The number of carbonyl (C=O) groups is 1. The maximum absolute atomic E-state index is 12.3. The highest BCUT2D eigenvalue weighted by Gasteiger charge is 2.10. The van der Waals surface area contributed by atoms with Gasteiger partial charge in [-0.2, -0.15) is 8.78 Å². The third kappa shape index (κ3) is 6.33. The van der Waals surface area contributed by atoms with Gasteiger partial charge in [-0.15, -0.1) is 0 Å². The lowest BCUT2D eigenvalue weighted by molar-refractivity contribution is -0.116. The van der Waals surface area contributed by atoms with E-state index in [-0.39, 0.29) is 11.7 Å². The van der Waals surface area contributed by atoms with Gasteiger partial charge in [-0.05, 0) is 12.1 Å². The van der Waals surface area contributed by atoms with Gasteiger partial charge in [-0.1, -0.05) is 18.2 Å². The number of carbonyl (C=O) groups excluding carboxylic acids is 1. The van der Waals surface area contributed by atoms with Gasteiger partial charge in [0.15, 0.2) is 0 Å². The van der Waals surface area contributed by atoms with Crippen molar-refractivity contribution in [3.05, 3.63) is 35.9 Å². The Morgan fingerprint density at radius 1 is 1.35 bits per heavy atom. The van der Waals surface area contributed by atoms with Crippen molar-refractivity contribution in [1.82, 2.24) is 10.2 Å². The van der Waals surface area contributed by atoms with Crippen molar-refractivity contribution in [2.75, 3.05) is 39.4 Å². The molecule has 0 unspecified atom stereocenters. The van der Waals surface area contributed by atoms with Gasteiger partial charge in [0.1, 0.15) is 5.75 Å². The van der Waals surface area contributed by atoms with Crippen LogP contribution in [-0.2, 0) is 9.53 Å². The second-order valence-electron chi connectivity index (χ2n) is 4.99. The van der Waals surface area contributed by atoms with Crippen LogP contribution >= 0.6 is 0 Å². The standard InChI is InChI=1S/C16H20F2N2O3/c17-16(18)23-14-4-2-1-3-13(14)5-6-15(21)19-7-8-20-9-11-22-12-10-20/h1-6,16H,7-12H2,(H,19,21). The summed E-state index contributed by atoms with van der Waals surface area (Å²) in [5, 5.41) is 2.76. The Morgan fingerprint density at radius 3 is 2.83 bits per heavy atom. The highest BCUT2D eigenvalue weighted by atomic mass is 19.3. The molecule has 1 aromatic carbocycles. The molecule has 1 amide bonds. The summed E-state index contributed by atoms with van der Waals surface area (Å²) >= 11 is 0. The second-order valence-corrected chi connectivity index (χ2v) is 4.99. The van der Waals surface area contributed by atoms with Crippen molar-refractivity contribution in [2.45, 2.75) is 6.61 Å². The van der Waals surface area contributed by atoms with Crippen molar-refractivity contribution < 1.29 is 23.0 Å². The van der Waals surface area contributed by atoms with Gasteiger partial charge in [-0.3, -0.25) is 9.69 Å². The molecule has 0 radical (unpaired) electrons. The van der Waals surface area contributed by atoms with Gasteiger partial charge in [0.2, 0.25) is 5.91 Å². The van der Waals surface area contributed by atoms with E-state index in [1.165, 1.54) is 18.2 Å². The lowest BCUT2D eigenvalue weighted by Gasteiger charge is -2.26. The quantitative estimate of drug-likeness (QED) is 0.776. The van der Waals surface area contributed by atoms with E-state index in [0.717, 1.165) is 32.8 Å². The van der Waals surface area contributed by atoms with Crippen molar-refractivity contribution in [3.63, 3.8) is 0 Å². The Balaban J connectivity index is 1.79. The number of nitrogens with zero attached hydrogens (tertiary/aromatic N) is 1. The fraction of sp³-hybridized carbons (Fsp3) is 0.438. The van der Waals surface area contributed by atoms with E-state index in [9.17, 15) is 13.6 Å². The molecule has 0 aromatic heterocycles. The molecule has 0 spiro atoms. The molecule has 1 N–H and O–H groups in total. The summed E-state index contributed by atoms with van der Waals surface area (Å²) in [6.45, 7) is 1.55. The van der Waals surface area contributed by atoms with Crippen LogP contribution in [-0.4, -0.2) is 56.8 Å². The first-order valence-corrected chi connectivity index (χ1v) is 7.45. The molecule has 2 rings (SSSR count). The molecule has 126 valence electrons. The van der Waals surface area contributed by atoms with Crippen LogP contribution in [0.2, 0.25) is 0 Å². The van der Waals surface area contributed by atoms with Gasteiger partial charge < -0.3 is 14.8 Å². The Kier molecular flexibility index (Phi) is 6.96. The zero-order valence-corrected chi connectivity index (χ0v) is 12.7. The predicted molar refractivity (Wildman–Crippen MR) is 82.4 cm³/mol. The molecule has 23 heavy (non-hydrogen) atoms. The molecule has 1 aliphatic heterocycles. The highest BCUT2D eigenvalue weighted by molar-refractivity contribution is 5.92. The van der Waals surface area contributed by atoms with Crippen LogP contribution in [0.3, 0.4) is 0 Å². The van der Waals surface area contributed by atoms with Crippen molar-refractivity contribution >= 4 is 12.0 Å². The minimum atomic E-state index is -2.90. The average Bonchev–Trinajstić information content (AvgIpc) is 2.54. The first-order valence-electron chi connectivity index (χ1n) is 7.45. The van der Waals surface area contributed by atoms with Gasteiger partial charge in [0.25, 0.3) is 0 Å². The molecule has 0 atom stereocenters. The van der Waals surface area contributed by atoms with E-state index in [1.54, 1.807) is 18.2 Å². The van der Waals surface area contributed by atoms with Gasteiger partial charge in [-0.25, -0.2) is 0 Å². The van der Waals surface area contributed by atoms with Gasteiger partial charge in [0.05, 0.1) is 13.2 Å². The summed E-state index contributed by atoms with van der Waals surface area (Å²) in [6.07, 6.45) is 2.77. The predicted octanol–water partition coefficient (Wildman–Crippen LogP) is 1.75. The highest BCUT2D eigenvalue weighted by Crippen LogP contribution is 2.21. The zero-order chi connectivity index (χ0) is 16.5. The number of halogens is 2. The fourth-order valence-electron chi connectivity index (χ4n) is 2.21. The van der Waals surface area contributed by atoms with Crippen LogP contribution in [0.25, 0.3) is 6.08 Å². The summed E-state index contributed by atoms with van der Waals surface area (Å²) < 4.78 is 34.3. The number of nitrogens with one attached hydrogen (secondary N) is 1. The van der Waals surface area contributed by atoms with E-state index in [4.69, 9.17) is 4.74 Å². The number of morpholine rings is 1. The molecule has 0 saturated carbocycles. The van der Waals surface area contributed by atoms with Gasteiger partial charge >= 0.3 is 6.61 Å². The van der Waals surface area contributed by atoms with Crippen LogP contribution in [0.5, 0.6) is 5.75 Å². The molecule has 1 aliphatic rings. The van der Waals surface area contributed by atoms with Crippen molar-refractivity contribution in [1.29, 1.82) is 0 Å². The van der Waals surface area contributed by atoms with Crippen LogP contribution in [0.1, 0.15) is 5.56 Å². The maximum Gasteiger partial charge on any atom is 0.387 e. The largest absolute Gasteiger partial charge is 0.434 e. The van der Waals surface area contributed by atoms with Crippen LogP contribution in [0.4, 0.5) is 8.78 Å². The Hall–Kier alpha value is -1.99. The van der Waals surface area contributed by atoms with Gasteiger partial charge in [0, 0.05) is 37.8 Å². The third-order valence-electron chi connectivity index (χ3n) is 3.38. The number of hydrogen-bond donors (Lipinski definition) is 1. The molecule has 1 heterocycles. The molecule has 1 aromatic rings.